The van der Waals surface area contributed by atoms with Crippen LogP contribution in [0.5, 0.6) is 5.75 Å². The van der Waals surface area contributed by atoms with E-state index < -0.39 is 30.3 Å². The van der Waals surface area contributed by atoms with Crippen LogP contribution in [0.3, 0.4) is 0 Å². The van der Waals surface area contributed by atoms with Crippen LogP contribution in [0.4, 0.5) is 17.6 Å². The Morgan fingerprint density at radius 3 is 2.28 bits per heavy atom. The van der Waals surface area contributed by atoms with Gasteiger partial charge in [-0.15, -0.1) is 0 Å². The summed E-state index contributed by atoms with van der Waals surface area (Å²) in [7, 11) is 1.15. The molecule has 0 amide bonds. The van der Waals surface area contributed by atoms with Gasteiger partial charge in [0.05, 0.1) is 5.56 Å². The summed E-state index contributed by atoms with van der Waals surface area (Å²) in [5.74, 6) is -3.52. The average molecular weight is 408 g/mol. The fraction of sp³-hybridized carbons (Fsp3) is 0.478. The van der Waals surface area contributed by atoms with Crippen molar-refractivity contribution in [1.82, 2.24) is 0 Å². The molecule has 4 rings (SSSR count). The van der Waals surface area contributed by atoms with Gasteiger partial charge in [0.2, 0.25) is 0 Å². The highest BCUT2D eigenvalue weighted by atomic mass is 19.3. The summed E-state index contributed by atoms with van der Waals surface area (Å²) in [4.78, 5) is 0. The minimum Gasteiger partial charge on any atom is -0.458 e. The summed E-state index contributed by atoms with van der Waals surface area (Å²) >= 11 is 0. The van der Waals surface area contributed by atoms with E-state index in [9.17, 15) is 17.6 Å². The number of hydrogen-bond donors (Lipinski definition) is 0. The molecule has 0 N–H and O–H groups in total. The van der Waals surface area contributed by atoms with Gasteiger partial charge < -0.3 is 9.47 Å². The lowest BCUT2D eigenvalue weighted by molar-refractivity contribution is -0.216. The van der Waals surface area contributed by atoms with Gasteiger partial charge in [-0.25, -0.2) is 8.78 Å². The van der Waals surface area contributed by atoms with Crippen LogP contribution in [0.2, 0.25) is 0 Å². The second-order valence-electron chi connectivity index (χ2n) is 8.26. The number of benzene rings is 2. The van der Waals surface area contributed by atoms with E-state index in [1.54, 1.807) is 0 Å². The molecule has 1 unspecified atom stereocenters. The number of halogens is 4. The molecule has 6 heteroatoms. The molecule has 2 aromatic rings. The highest BCUT2D eigenvalue weighted by molar-refractivity contribution is 5.68. The van der Waals surface area contributed by atoms with E-state index in [2.05, 4.69) is 6.92 Å². The van der Waals surface area contributed by atoms with Gasteiger partial charge in [-0.2, -0.15) is 8.78 Å². The standard InChI is InChI=1S/C23H24F4O2/c1-13-3-5-14(6-4-13)16-10-18(24)21(19(25)11-16)15-7-8-20-17(9-15)12-23(26,27)22(28-2)29-20/h7-11,13-14,22H,3-6,12H2,1-2H3. The minimum absolute atomic E-state index is 0.158. The number of alkyl halides is 2. The van der Waals surface area contributed by atoms with E-state index >= 15 is 0 Å². The molecule has 29 heavy (non-hydrogen) atoms. The number of hydrogen-bond acceptors (Lipinski definition) is 2. The minimum atomic E-state index is -3.22. The van der Waals surface area contributed by atoms with Crippen LogP contribution in [0.1, 0.15) is 49.7 Å². The van der Waals surface area contributed by atoms with Gasteiger partial charge in [0.1, 0.15) is 17.4 Å². The Labute approximate surface area is 167 Å². The van der Waals surface area contributed by atoms with Crippen LogP contribution in [0.15, 0.2) is 30.3 Å². The molecule has 0 saturated heterocycles. The third-order valence-corrected chi connectivity index (χ3v) is 6.12. The molecule has 0 bridgehead atoms. The van der Waals surface area contributed by atoms with Crippen LogP contribution in [0.25, 0.3) is 11.1 Å². The highest BCUT2D eigenvalue weighted by Gasteiger charge is 2.46. The maximum atomic E-state index is 14.9. The number of ether oxygens (including phenoxy) is 2. The number of methoxy groups -OCH3 is 1. The lowest BCUT2D eigenvalue weighted by Crippen LogP contribution is -2.44. The van der Waals surface area contributed by atoms with Crippen molar-refractivity contribution in [2.24, 2.45) is 5.92 Å². The summed E-state index contributed by atoms with van der Waals surface area (Å²) in [5, 5.41) is 0. The van der Waals surface area contributed by atoms with Crippen molar-refractivity contribution in [2.45, 2.75) is 57.2 Å². The van der Waals surface area contributed by atoms with Crippen LogP contribution < -0.4 is 4.74 Å². The van der Waals surface area contributed by atoms with Gasteiger partial charge in [0, 0.05) is 19.1 Å². The summed E-state index contributed by atoms with van der Waals surface area (Å²) < 4.78 is 67.9. The van der Waals surface area contributed by atoms with Gasteiger partial charge in [-0.1, -0.05) is 25.8 Å². The van der Waals surface area contributed by atoms with Crippen molar-refractivity contribution in [1.29, 1.82) is 0 Å². The average Bonchev–Trinajstić information content (AvgIpc) is 2.66. The Morgan fingerprint density at radius 2 is 1.66 bits per heavy atom. The molecule has 2 nitrogen and oxygen atoms in total. The molecule has 1 fully saturated rings. The molecule has 1 aliphatic carbocycles. The topological polar surface area (TPSA) is 18.5 Å². The number of rotatable bonds is 3. The van der Waals surface area contributed by atoms with Crippen molar-refractivity contribution in [2.75, 3.05) is 7.11 Å². The summed E-state index contributed by atoms with van der Waals surface area (Å²) in [5.41, 5.74) is 0.895. The molecule has 2 aliphatic rings. The lowest BCUT2D eigenvalue weighted by atomic mass is 9.79. The van der Waals surface area contributed by atoms with Crippen molar-refractivity contribution in [3.05, 3.63) is 53.1 Å². The molecule has 1 atom stereocenters. The lowest BCUT2D eigenvalue weighted by Gasteiger charge is -2.32. The van der Waals surface area contributed by atoms with Crippen molar-refractivity contribution >= 4 is 0 Å². The first-order valence-corrected chi connectivity index (χ1v) is 9.98. The Morgan fingerprint density at radius 1 is 1.00 bits per heavy atom. The van der Waals surface area contributed by atoms with Crippen molar-refractivity contribution in [3.63, 3.8) is 0 Å². The molecule has 156 valence electrons. The van der Waals surface area contributed by atoms with Crippen molar-refractivity contribution in [3.8, 4) is 16.9 Å². The van der Waals surface area contributed by atoms with E-state index in [-0.39, 0.29) is 28.4 Å². The fourth-order valence-corrected chi connectivity index (χ4v) is 4.45. The molecule has 0 radical (unpaired) electrons. The van der Waals surface area contributed by atoms with Gasteiger partial charge in [0.25, 0.3) is 6.29 Å². The van der Waals surface area contributed by atoms with Crippen molar-refractivity contribution < 1.29 is 27.0 Å². The van der Waals surface area contributed by atoms with Gasteiger partial charge >= 0.3 is 5.92 Å². The molecular weight excluding hydrogens is 384 g/mol. The molecule has 0 spiro atoms. The second kappa shape index (κ2) is 7.63. The second-order valence-corrected chi connectivity index (χ2v) is 8.26. The molecule has 1 heterocycles. The van der Waals surface area contributed by atoms with E-state index in [1.165, 1.54) is 30.3 Å². The Balaban J connectivity index is 1.66. The Kier molecular flexibility index (Phi) is 5.32. The molecular formula is C23H24F4O2. The Hall–Kier alpha value is -2.08. The predicted molar refractivity (Wildman–Crippen MR) is 102 cm³/mol. The maximum absolute atomic E-state index is 14.9. The molecule has 1 aliphatic heterocycles. The fourth-order valence-electron chi connectivity index (χ4n) is 4.45. The van der Waals surface area contributed by atoms with Gasteiger partial charge in [0.15, 0.2) is 0 Å². The third-order valence-electron chi connectivity index (χ3n) is 6.12. The third kappa shape index (κ3) is 3.87. The molecule has 2 aromatic carbocycles. The normalized spacial score (nSPS) is 25.9. The van der Waals surface area contributed by atoms with Crippen LogP contribution >= 0.6 is 0 Å². The summed E-state index contributed by atoms with van der Waals surface area (Å²) in [6.07, 6.45) is 1.66. The SMILES string of the molecule is COC1Oc2ccc(-c3c(F)cc(C4CCC(C)CC4)cc3F)cc2CC1(F)F. The van der Waals surface area contributed by atoms with E-state index in [0.29, 0.717) is 11.5 Å². The summed E-state index contributed by atoms with van der Waals surface area (Å²) in [6.45, 7) is 2.19. The van der Waals surface area contributed by atoms with Gasteiger partial charge in [-0.3, -0.25) is 0 Å². The smallest absolute Gasteiger partial charge is 0.313 e. The maximum Gasteiger partial charge on any atom is 0.313 e. The summed E-state index contributed by atoms with van der Waals surface area (Å²) in [6, 6.07) is 7.10. The molecule has 1 saturated carbocycles. The first kappa shape index (κ1) is 20.2. The highest BCUT2D eigenvalue weighted by Crippen LogP contribution is 2.41. The Bertz CT molecular complexity index is 881. The zero-order chi connectivity index (χ0) is 20.8. The van der Waals surface area contributed by atoms with E-state index in [4.69, 9.17) is 9.47 Å². The number of fused-ring (bicyclic) bond motifs is 1. The monoisotopic (exact) mass is 408 g/mol. The predicted octanol–water partition coefficient (Wildman–Crippen LogP) is 6.47. The van der Waals surface area contributed by atoms with Crippen LogP contribution in [0, 0.1) is 17.6 Å². The quantitative estimate of drug-likeness (QED) is 0.542. The zero-order valence-corrected chi connectivity index (χ0v) is 16.5. The van der Waals surface area contributed by atoms with E-state index in [1.807, 2.05) is 0 Å². The van der Waals surface area contributed by atoms with E-state index in [0.717, 1.165) is 32.8 Å². The molecule has 0 aromatic heterocycles. The first-order valence-electron chi connectivity index (χ1n) is 9.98. The largest absolute Gasteiger partial charge is 0.458 e. The first-order chi connectivity index (χ1) is 13.8. The van der Waals surface area contributed by atoms with Crippen LogP contribution in [-0.4, -0.2) is 19.3 Å². The zero-order valence-electron chi connectivity index (χ0n) is 16.5. The van der Waals surface area contributed by atoms with Gasteiger partial charge in [-0.05, 0) is 60.1 Å². The van der Waals surface area contributed by atoms with Crippen LogP contribution in [-0.2, 0) is 11.2 Å².